The first-order valence-electron chi connectivity index (χ1n) is 10.3. The Morgan fingerprint density at radius 3 is 1.87 bits per heavy atom. The van der Waals surface area contributed by atoms with E-state index in [4.69, 9.17) is 23.2 Å². The van der Waals surface area contributed by atoms with E-state index in [2.05, 4.69) is 24.4 Å². The number of halogens is 2. The van der Waals surface area contributed by atoms with Gasteiger partial charge >= 0.3 is 0 Å². The van der Waals surface area contributed by atoms with Crippen molar-refractivity contribution in [3.8, 4) is 0 Å². The molecular weight excluding hydrogens is 413 g/mol. The van der Waals surface area contributed by atoms with Gasteiger partial charge in [0.15, 0.2) is 0 Å². The van der Waals surface area contributed by atoms with Gasteiger partial charge in [0.05, 0.1) is 5.92 Å². The van der Waals surface area contributed by atoms with Crippen molar-refractivity contribution in [3.05, 3.63) is 106 Å². The molecule has 0 saturated heterocycles. The fraction of sp³-hybridized carbons (Fsp3) is 0.269. The van der Waals surface area contributed by atoms with Crippen LogP contribution in [0.2, 0.25) is 10.0 Å². The monoisotopic (exact) mass is 439 g/mol. The van der Waals surface area contributed by atoms with Crippen LogP contribution in [0.15, 0.2) is 78.9 Å². The van der Waals surface area contributed by atoms with Crippen molar-refractivity contribution in [2.75, 3.05) is 6.54 Å². The van der Waals surface area contributed by atoms with Gasteiger partial charge in [0, 0.05) is 22.5 Å². The molecule has 156 valence electrons. The highest BCUT2D eigenvalue weighted by Gasteiger charge is 2.24. The number of carbonyl (C=O) groups excluding carboxylic acids is 1. The molecule has 0 radical (unpaired) electrons. The topological polar surface area (TPSA) is 29.1 Å². The molecule has 0 bridgehead atoms. The van der Waals surface area contributed by atoms with Crippen LogP contribution in [0.4, 0.5) is 0 Å². The maximum Gasteiger partial charge on any atom is 0.227 e. The van der Waals surface area contributed by atoms with E-state index >= 15 is 0 Å². The highest BCUT2D eigenvalue weighted by atomic mass is 35.5. The minimum absolute atomic E-state index is 0.0611. The third-order valence-electron chi connectivity index (χ3n) is 5.72. The Kier molecular flexibility index (Phi) is 7.95. The van der Waals surface area contributed by atoms with E-state index in [1.165, 1.54) is 5.56 Å². The summed E-state index contributed by atoms with van der Waals surface area (Å²) in [4.78, 5) is 13.0. The Morgan fingerprint density at radius 1 is 0.800 bits per heavy atom. The highest BCUT2D eigenvalue weighted by molar-refractivity contribution is 6.30. The van der Waals surface area contributed by atoms with Gasteiger partial charge in [-0.05, 0) is 53.3 Å². The van der Waals surface area contributed by atoms with Gasteiger partial charge < -0.3 is 5.32 Å². The van der Waals surface area contributed by atoms with Gasteiger partial charge in [-0.1, -0.05) is 91.6 Å². The van der Waals surface area contributed by atoms with Crippen LogP contribution in [-0.4, -0.2) is 12.5 Å². The van der Waals surface area contributed by atoms with Crippen LogP contribution >= 0.6 is 23.2 Å². The number of hydrogen-bond acceptors (Lipinski definition) is 1. The van der Waals surface area contributed by atoms with Crippen molar-refractivity contribution in [1.82, 2.24) is 5.32 Å². The van der Waals surface area contributed by atoms with Gasteiger partial charge in [0.2, 0.25) is 5.91 Å². The predicted octanol–water partition coefficient (Wildman–Crippen LogP) is 7.19. The Labute approximate surface area is 189 Å². The first kappa shape index (κ1) is 22.4. The molecule has 1 amide bonds. The van der Waals surface area contributed by atoms with Crippen LogP contribution < -0.4 is 5.32 Å². The average Bonchev–Trinajstić information content (AvgIpc) is 2.76. The number of amides is 1. The van der Waals surface area contributed by atoms with Gasteiger partial charge in [0.1, 0.15) is 0 Å². The lowest BCUT2D eigenvalue weighted by Gasteiger charge is -2.26. The van der Waals surface area contributed by atoms with Crippen LogP contribution in [0.1, 0.15) is 54.7 Å². The molecule has 0 fully saturated rings. The lowest BCUT2D eigenvalue weighted by molar-refractivity contribution is -0.122. The summed E-state index contributed by atoms with van der Waals surface area (Å²) in [7, 11) is 0. The largest absolute Gasteiger partial charge is 0.355 e. The molecule has 3 unspecified atom stereocenters. The number of hydrogen-bond donors (Lipinski definition) is 1. The summed E-state index contributed by atoms with van der Waals surface area (Å²) in [5, 5.41) is 4.63. The number of benzene rings is 3. The molecule has 30 heavy (non-hydrogen) atoms. The minimum atomic E-state index is -0.150. The van der Waals surface area contributed by atoms with E-state index in [0.717, 1.165) is 22.6 Å². The quantitative estimate of drug-likeness (QED) is 0.395. The van der Waals surface area contributed by atoms with E-state index in [1.54, 1.807) is 0 Å². The Morgan fingerprint density at radius 2 is 1.33 bits per heavy atom. The van der Waals surface area contributed by atoms with E-state index in [1.807, 2.05) is 73.7 Å². The fourth-order valence-corrected chi connectivity index (χ4v) is 4.14. The number of rotatable bonds is 8. The molecule has 3 aromatic rings. The maximum absolute atomic E-state index is 13.0. The zero-order valence-electron chi connectivity index (χ0n) is 17.3. The van der Waals surface area contributed by atoms with Gasteiger partial charge in [-0.15, -0.1) is 0 Å². The Bertz CT molecular complexity index is 939. The second-order valence-electron chi connectivity index (χ2n) is 7.61. The maximum atomic E-state index is 13.0. The first-order chi connectivity index (χ1) is 14.5. The van der Waals surface area contributed by atoms with Gasteiger partial charge in [-0.2, -0.15) is 0 Å². The third-order valence-corrected chi connectivity index (χ3v) is 6.22. The van der Waals surface area contributed by atoms with Crippen molar-refractivity contribution in [2.24, 2.45) is 0 Å². The summed E-state index contributed by atoms with van der Waals surface area (Å²) >= 11 is 12.2. The molecule has 0 saturated carbocycles. The van der Waals surface area contributed by atoms with Gasteiger partial charge in [-0.3, -0.25) is 4.79 Å². The van der Waals surface area contributed by atoms with E-state index < -0.39 is 0 Å². The molecule has 0 aliphatic heterocycles. The van der Waals surface area contributed by atoms with Crippen LogP contribution in [0.3, 0.4) is 0 Å². The van der Waals surface area contributed by atoms with Crippen LogP contribution in [0, 0.1) is 0 Å². The van der Waals surface area contributed by atoms with Crippen LogP contribution in [0.5, 0.6) is 0 Å². The SMILES string of the molecule is CCC(C(=O)NCC(c1ccc(Cl)cc1)C(C)c1ccc(Cl)cc1)c1ccccc1. The van der Waals surface area contributed by atoms with Crippen molar-refractivity contribution in [1.29, 1.82) is 0 Å². The highest BCUT2D eigenvalue weighted by Crippen LogP contribution is 2.33. The van der Waals surface area contributed by atoms with E-state index in [0.29, 0.717) is 11.6 Å². The molecule has 0 heterocycles. The molecule has 0 spiro atoms. The molecule has 0 aliphatic rings. The van der Waals surface area contributed by atoms with Crippen molar-refractivity contribution in [2.45, 2.75) is 38.0 Å². The van der Waals surface area contributed by atoms with Crippen LogP contribution in [-0.2, 0) is 4.79 Å². The van der Waals surface area contributed by atoms with E-state index in [9.17, 15) is 4.79 Å². The predicted molar refractivity (Wildman–Crippen MR) is 127 cm³/mol. The van der Waals surface area contributed by atoms with Crippen molar-refractivity contribution >= 4 is 29.1 Å². The average molecular weight is 440 g/mol. The molecule has 4 heteroatoms. The van der Waals surface area contributed by atoms with E-state index in [-0.39, 0.29) is 23.7 Å². The molecule has 1 N–H and O–H groups in total. The molecule has 3 aromatic carbocycles. The summed E-state index contributed by atoms with van der Waals surface area (Å²) in [5.41, 5.74) is 3.38. The molecule has 0 aromatic heterocycles. The first-order valence-corrected chi connectivity index (χ1v) is 11.1. The number of carbonyl (C=O) groups is 1. The smallest absolute Gasteiger partial charge is 0.227 e. The molecule has 3 atom stereocenters. The minimum Gasteiger partial charge on any atom is -0.355 e. The van der Waals surface area contributed by atoms with Crippen LogP contribution in [0.25, 0.3) is 0 Å². The molecular formula is C26H27Cl2NO. The van der Waals surface area contributed by atoms with Crippen molar-refractivity contribution < 1.29 is 4.79 Å². The summed E-state index contributed by atoms with van der Waals surface area (Å²) in [6, 6.07) is 25.8. The zero-order chi connectivity index (χ0) is 21.5. The second kappa shape index (κ2) is 10.7. The summed E-state index contributed by atoms with van der Waals surface area (Å²) < 4.78 is 0. The fourth-order valence-electron chi connectivity index (χ4n) is 3.88. The number of nitrogens with one attached hydrogen (secondary N) is 1. The van der Waals surface area contributed by atoms with Gasteiger partial charge in [-0.25, -0.2) is 0 Å². The lowest BCUT2D eigenvalue weighted by atomic mass is 9.82. The third kappa shape index (κ3) is 5.65. The summed E-state index contributed by atoms with van der Waals surface area (Å²) in [6.45, 7) is 4.78. The normalized spacial score (nSPS) is 14.0. The molecule has 3 rings (SSSR count). The zero-order valence-corrected chi connectivity index (χ0v) is 18.8. The Hall–Kier alpha value is -2.29. The summed E-state index contributed by atoms with van der Waals surface area (Å²) in [6.07, 6.45) is 0.758. The summed E-state index contributed by atoms with van der Waals surface area (Å²) in [5.74, 6) is 0.218. The second-order valence-corrected chi connectivity index (χ2v) is 8.49. The van der Waals surface area contributed by atoms with Crippen molar-refractivity contribution in [3.63, 3.8) is 0 Å². The molecule has 2 nitrogen and oxygen atoms in total. The van der Waals surface area contributed by atoms with Gasteiger partial charge in [0.25, 0.3) is 0 Å². The standard InChI is InChI=1S/C26H27Cl2NO/c1-3-24(20-7-5-4-6-8-20)26(30)29-17-25(21-11-15-23(28)16-12-21)18(2)19-9-13-22(27)14-10-19/h4-16,18,24-25H,3,17H2,1-2H3,(H,29,30). The lowest BCUT2D eigenvalue weighted by Crippen LogP contribution is -2.34. The molecule has 0 aliphatic carbocycles. The Balaban J connectivity index is 1.80.